The van der Waals surface area contributed by atoms with Crippen molar-refractivity contribution in [3.05, 3.63) is 71.4 Å². The third-order valence-corrected chi connectivity index (χ3v) is 5.54. The molecule has 0 saturated carbocycles. The lowest BCUT2D eigenvalue weighted by Crippen LogP contribution is -2.60. The Morgan fingerprint density at radius 2 is 1.82 bits per heavy atom. The summed E-state index contributed by atoms with van der Waals surface area (Å²) >= 11 is 0. The van der Waals surface area contributed by atoms with E-state index in [1.807, 2.05) is 48.5 Å². The zero-order valence-corrected chi connectivity index (χ0v) is 15.3. The predicted molar refractivity (Wildman–Crippen MR) is 107 cm³/mol. The maximum Gasteiger partial charge on any atom is 0.266 e. The molecule has 2 amide bonds. The highest BCUT2D eigenvalue weighted by Gasteiger charge is 2.43. The van der Waals surface area contributed by atoms with E-state index < -0.39 is 6.04 Å². The van der Waals surface area contributed by atoms with E-state index >= 15 is 0 Å². The predicted octanol–water partition coefficient (Wildman–Crippen LogP) is 2.49. The van der Waals surface area contributed by atoms with Gasteiger partial charge < -0.3 is 9.88 Å². The molecular formula is C22H20N4O2. The summed E-state index contributed by atoms with van der Waals surface area (Å²) in [4.78, 5) is 30.8. The van der Waals surface area contributed by atoms with E-state index in [1.165, 1.54) is 5.01 Å². The second-order valence-electron chi connectivity index (χ2n) is 7.25. The monoisotopic (exact) mass is 372 g/mol. The van der Waals surface area contributed by atoms with Crippen molar-refractivity contribution in [2.75, 3.05) is 6.54 Å². The summed E-state index contributed by atoms with van der Waals surface area (Å²) in [6.45, 7) is 0.441. The number of piperazine rings is 1. The van der Waals surface area contributed by atoms with Gasteiger partial charge in [-0.15, -0.1) is 0 Å². The number of aromatic amines is 1. The van der Waals surface area contributed by atoms with Crippen molar-refractivity contribution in [3.63, 3.8) is 0 Å². The van der Waals surface area contributed by atoms with Crippen LogP contribution in [-0.4, -0.2) is 45.5 Å². The zero-order valence-electron chi connectivity index (χ0n) is 15.3. The fourth-order valence-corrected chi connectivity index (χ4v) is 4.12. The molecule has 140 valence electrons. The fraction of sp³-hybridized carbons (Fsp3) is 0.227. The first-order valence-electron chi connectivity index (χ1n) is 9.46. The summed E-state index contributed by atoms with van der Waals surface area (Å²) in [5.74, 6) is -0.175. The van der Waals surface area contributed by atoms with Crippen LogP contribution in [0.3, 0.4) is 0 Å². The van der Waals surface area contributed by atoms with Gasteiger partial charge in [0, 0.05) is 35.7 Å². The lowest BCUT2D eigenvalue weighted by Gasteiger charge is -2.40. The Morgan fingerprint density at radius 3 is 2.68 bits per heavy atom. The topological polar surface area (TPSA) is 68.8 Å². The maximum absolute atomic E-state index is 13.0. The fourth-order valence-electron chi connectivity index (χ4n) is 4.12. The van der Waals surface area contributed by atoms with Crippen LogP contribution in [0, 0.1) is 0 Å². The molecule has 0 bridgehead atoms. The van der Waals surface area contributed by atoms with Gasteiger partial charge in [-0.25, -0.2) is 5.01 Å². The number of carbonyl (C=O) groups excluding carboxylic acids is 2. The number of hydrogen-bond donors (Lipinski definition) is 1. The Labute approximate surface area is 162 Å². The first-order valence-corrected chi connectivity index (χ1v) is 9.46. The van der Waals surface area contributed by atoms with Gasteiger partial charge >= 0.3 is 0 Å². The number of hydrazone groups is 1. The molecular weight excluding hydrogens is 352 g/mol. The summed E-state index contributed by atoms with van der Waals surface area (Å²) < 4.78 is 0. The summed E-state index contributed by atoms with van der Waals surface area (Å²) in [7, 11) is 0. The Kier molecular flexibility index (Phi) is 3.97. The van der Waals surface area contributed by atoms with Crippen molar-refractivity contribution in [1.82, 2.24) is 14.9 Å². The summed E-state index contributed by atoms with van der Waals surface area (Å²) in [5.41, 5.74) is 4.32. The van der Waals surface area contributed by atoms with E-state index in [1.54, 1.807) is 11.1 Å². The summed E-state index contributed by atoms with van der Waals surface area (Å²) in [6, 6.07) is 17.5. The first-order chi connectivity index (χ1) is 13.7. The number of amides is 2. The molecule has 0 aliphatic carbocycles. The lowest BCUT2D eigenvalue weighted by atomic mass is 9.94. The van der Waals surface area contributed by atoms with Crippen LogP contribution in [0.5, 0.6) is 0 Å². The van der Waals surface area contributed by atoms with Gasteiger partial charge in [0.25, 0.3) is 5.91 Å². The smallest absolute Gasteiger partial charge is 0.266 e. The van der Waals surface area contributed by atoms with Crippen LogP contribution >= 0.6 is 0 Å². The Balaban J connectivity index is 1.39. The number of para-hydroxylation sites is 1. The van der Waals surface area contributed by atoms with Crippen LogP contribution in [0.15, 0.2) is 59.7 Å². The number of carbonyl (C=O) groups is 2. The van der Waals surface area contributed by atoms with E-state index in [2.05, 4.69) is 16.2 Å². The number of H-pyrrole nitrogens is 1. The number of fused-ring (bicyclic) bond motifs is 4. The van der Waals surface area contributed by atoms with Crippen molar-refractivity contribution in [2.45, 2.75) is 25.4 Å². The molecule has 2 aliphatic heterocycles. The van der Waals surface area contributed by atoms with E-state index in [0.717, 1.165) is 27.7 Å². The molecule has 1 N–H and O–H groups in total. The molecule has 28 heavy (non-hydrogen) atoms. The van der Waals surface area contributed by atoms with E-state index in [-0.39, 0.29) is 18.4 Å². The van der Waals surface area contributed by atoms with Crippen molar-refractivity contribution >= 4 is 28.9 Å². The Hall–Kier alpha value is -3.41. The quantitative estimate of drug-likeness (QED) is 0.718. The van der Waals surface area contributed by atoms with Crippen molar-refractivity contribution in [3.8, 4) is 0 Å². The van der Waals surface area contributed by atoms with Crippen molar-refractivity contribution in [2.24, 2.45) is 5.10 Å². The van der Waals surface area contributed by atoms with Crippen LogP contribution in [0.1, 0.15) is 16.8 Å². The molecule has 2 aromatic carbocycles. The SMILES string of the molecule is O=C1C2Cc3c([nH]c4ccccc34)CN2C(=O)CN1N=CCc1ccccc1. The maximum atomic E-state index is 13.0. The van der Waals surface area contributed by atoms with E-state index in [0.29, 0.717) is 19.4 Å². The van der Waals surface area contributed by atoms with Crippen LogP contribution in [-0.2, 0) is 29.0 Å². The van der Waals surface area contributed by atoms with Gasteiger partial charge in [0.05, 0.1) is 6.54 Å². The highest BCUT2D eigenvalue weighted by atomic mass is 16.2. The van der Waals surface area contributed by atoms with E-state index in [4.69, 9.17) is 0 Å². The molecule has 5 rings (SSSR count). The summed E-state index contributed by atoms with van der Waals surface area (Å²) in [5, 5.41) is 6.76. The Morgan fingerprint density at radius 1 is 1.04 bits per heavy atom. The average molecular weight is 372 g/mol. The highest BCUT2D eigenvalue weighted by molar-refractivity contribution is 5.97. The summed E-state index contributed by atoms with van der Waals surface area (Å²) in [6.07, 6.45) is 2.85. The molecule has 6 nitrogen and oxygen atoms in total. The molecule has 1 aromatic heterocycles. The van der Waals surface area contributed by atoms with Crippen molar-refractivity contribution in [1.29, 1.82) is 0 Å². The number of benzene rings is 2. The average Bonchev–Trinajstić information content (AvgIpc) is 3.09. The minimum absolute atomic E-state index is 0.00378. The number of nitrogens with one attached hydrogen (secondary N) is 1. The molecule has 0 spiro atoms. The third kappa shape index (κ3) is 2.78. The largest absolute Gasteiger partial charge is 0.357 e. The minimum atomic E-state index is -0.484. The van der Waals surface area contributed by atoms with Gasteiger partial charge in [-0.2, -0.15) is 5.10 Å². The second-order valence-corrected chi connectivity index (χ2v) is 7.25. The van der Waals surface area contributed by atoms with Gasteiger partial charge in [0.2, 0.25) is 5.91 Å². The van der Waals surface area contributed by atoms with Crippen LogP contribution in [0.25, 0.3) is 10.9 Å². The number of hydrogen-bond acceptors (Lipinski definition) is 3. The first kappa shape index (κ1) is 16.7. The molecule has 3 aromatic rings. The molecule has 1 unspecified atom stereocenters. The molecule has 1 saturated heterocycles. The van der Waals surface area contributed by atoms with Crippen LogP contribution < -0.4 is 0 Å². The van der Waals surface area contributed by atoms with Gasteiger partial charge in [0.1, 0.15) is 12.6 Å². The number of aromatic nitrogens is 1. The van der Waals surface area contributed by atoms with Gasteiger partial charge in [0.15, 0.2) is 0 Å². The van der Waals surface area contributed by atoms with Gasteiger partial charge in [-0.1, -0.05) is 48.5 Å². The normalized spacial score (nSPS) is 19.4. The standard InChI is InChI=1S/C22H20N4O2/c27-21-14-26(23-11-10-15-6-2-1-3-7-15)22(28)20-12-17-16-8-4-5-9-18(16)24-19(17)13-25(20)21/h1-9,11,20,24H,10,12-14H2. The van der Waals surface area contributed by atoms with Crippen LogP contribution in [0.4, 0.5) is 0 Å². The molecule has 1 atom stereocenters. The third-order valence-electron chi connectivity index (χ3n) is 5.54. The van der Waals surface area contributed by atoms with Gasteiger partial charge in [-0.3, -0.25) is 9.59 Å². The van der Waals surface area contributed by atoms with E-state index in [9.17, 15) is 9.59 Å². The minimum Gasteiger partial charge on any atom is -0.357 e. The molecule has 1 fully saturated rings. The molecule has 3 heterocycles. The number of rotatable bonds is 3. The molecule has 2 aliphatic rings. The van der Waals surface area contributed by atoms with Crippen molar-refractivity contribution < 1.29 is 9.59 Å². The highest BCUT2D eigenvalue weighted by Crippen LogP contribution is 2.32. The second kappa shape index (κ2) is 6.64. The zero-order chi connectivity index (χ0) is 19.1. The number of nitrogens with zero attached hydrogens (tertiary/aromatic N) is 3. The lowest BCUT2D eigenvalue weighted by molar-refractivity contribution is -0.157. The van der Waals surface area contributed by atoms with Gasteiger partial charge in [-0.05, 0) is 17.2 Å². The Bertz CT molecular complexity index is 1090. The molecule has 0 radical (unpaired) electrons. The van der Waals surface area contributed by atoms with Crippen LogP contribution in [0.2, 0.25) is 0 Å². The molecule has 6 heteroatoms.